The Morgan fingerprint density at radius 1 is 1.29 bits per heavy atom. The fourth-order valence-corrected chi connectivity index (χ4v) is 2.52. The molecule has 0 radical (unpaired) electrons. The Morgan fingerprint density at radius 2 is 1.94 bits per heavy atom. The summed E-state index contributed by atoms with van der Waals surface area (Å²) in [4.78, 5) is 11.0. The summed E-state index contributed by atoms with van der Waals surface area (Å²) in [5, 5.41) is 0.477. The van der Waals surface area contributed by atoms with Gasteiger partial charge in [-0.05, 0) is 21.8 Å². The van der Waals surface area contributed by atoms with E-state index in [2.05, 4.69) is 44.6 Å². The molecule has 4 nitrogen and oxygen atoms in total. The average Bonchev–Trinajstić information content (AvgIpc) is 2.33. The van der Waals surface area contributed by atoms with Crippen LogP contribution in [0.3, 0.4) is 0 Å². The molecular formula is C11H15BrClN3O. The fourth-order valence-electron chi connectivity index (χ4n) is 1.71. The van der Waals surface area contributed by atoms with Gasteiger partial charge in [0.2, 0.25) is 5.95 Å². The topological polar surface area (TPSA) is 38.2 Å². The molecular weight excluding hydrogens is 305 g/mol. The van der Waals surface area contributed by atoms with E-state index in [1.807, 2.05) is 0 Å². The highest BCUT2D eigenvalue weighted by atomic mass is 79.9. The molecule has 0 saturated carbocycles. The number of hydrogen-bond donors (Lipinski definition) is 0. The molecule has 1 saturated heterocycles. The number of ether oxygens (including phenoxy) is 1. The summed E-state index contributed by atoms with van der Waals surface area (Å²) in [6.45, 7) is 7.24. The van der Waals surface area contributed by atoms with Crippen molar-refractivity contribution in [2.75, 3.05) is 31.2 Å². The van der Waals surface area contributed by atoms with Gasteiger partial charge in [0.1, 0.15) is 5.15 Å². The highest BCUT2D eigenvalue weighted by molar-refractivity contribution is 9.10. The quantitative estimate of drug-likeness (QED) is 0.785. The maximum atomic E-state index is 6.13. The van der Waals surface area contributed by atoms with Crippen molar-refractivity contribution in [3.63, 3.8) is 0 Å². The second-order valence-electron chi connectivity index (χ2n) is 4.27. The van der Waals surface area contributed by atoms with Crippen LogP contribution in [0.4, 0.5) is 5.95 Å². The van der Waals surface area contributed by atoms with E-state index < -0.39 is 0 Å². The Balaban J connectivity index is 2.34. The molecule has 0 aliphatic carbocycles. The largest absolute Gasteiger partial charge is 0.378 e. The lowest BCUT2D eigenvalue weighted by Gasteiger charge is -2.27. The molecule has 1 aliphatic rings. The first-order chi connectivity index (χ1) is 8.09. The van der Waals surface area contributed by atoms with Gasteiger partial charge in [0.25, 0.3) is 0 Å². The zero-order valence-corrected chi connectivity index (χ0v) is 12.3. The van der Waals surface area contributed by atoms with Crippen LogP contribution in [-0.2, 0) is 4.74 Å². The van der Waals surface area contributed by atoms with Crippen molar-refractivity contribution < 1.29 is 4.74 Å². The third-order valence-corrected chi connectivity index (χ3v) is 3.95. The van der Waals surface area contributed by atoms with Crippen LogP contribution in [0.15, 0.2) is 4.47 Å². The number of rotatable bonds is 2. The summed E-state index contributed by atoms with van der Waals surface area (Å²) < 4.78 is 6.11. The van der Waals surface area contributed by atoms with E-state index in [0.717, 1.165) is 23.3 Å². The minimum atomic E-state index is 0.310. The maximum absolute atomic E-state index is 6.13. The number of nitrogens with zero attached hydrogens (tertiary/aromatic N) is 3. The van der Waals surface area contributed by atoms with E-state index in [0.29, 0.717) is 30.2 Å². The lowest BCUT2D eigenvalue weighted by Crippen LogP contribution is -2.37. The van der Waals surface area contributed by atoms with Crippen LogP contribution in [-0.4, -0.2) is 36.3 Å². The van der Waals surface area contributed by atoms with E-state index in [-0.39, 0.29) is 0 Å². The second-order valence-corrected chi connectivity index (χ2v) is 5.42. The Morgan fingerprint density at radius 3 is 2.53 bits per heavy atom. The van der Waals surface area contributed by atoms with Gasteiger partial charge in [0.05, 0.1) is 23.4 Å². The highest BCUT2D eigenvalue weighted by Gasteiger charge is 2.19. The Bertz CT molecular complexity index is 408. The molecule has 0 N–H and O–H groups in total. The van der Waals surface area contributed by atoms with Gasteiger partial charge in [-0.3, -0.25) is 0 Å². The smallest absolute Gasteiger partial charge is 0.227 e. The van der Waals surface area contributed by atoms with E-state index in [1.165, 1.54) is 0 Å². The van der Waals surface area contributed by atoms with Crippen LogP contribution >= 0.6 is 27.5 Å². The van der Waals surface area contributed by atoms with Gasteiger partial charge >= 0.3 is 0 Å². The molecule has 0 bridgehead atoms. The molecule has 0 amide bonds. The first-order valence-corrected chi connectivity index (χ1v) is 6.82. The molecule has 0 unspecified atom stereocenters. The highest BCUT2D eigenvalue weighted by Crippen LogP contribution is 2.30. The minimum Gasteiger partial charge on any atom is -0.378 e. The van der Waals surface area contributed by atoms with Crippen LogP contribution in [0, 0.1) is 0 Å². The second kappa shape index (κ2) is 5.50. The van der Waals surface area contributed by atoms with Crippen molar-refractivity contribution in [1.29, 1.82) is 0 Å². The van der Waals surface area contributed by atoms with Gasteiger partial charge in [-0.15, -0.1) is 0 Å². The molecule has 94 valence electrons. The average molecular weight is 321 g/mol. The summed E-state index contributed by atoms with van der Waals surface area (Å²) in [5.74, 6) is 1.01. The summed E-state index contributed by atoms with van der Waals surface area (Å²) in [7, 11) is 0. The predicted molar refractivity (Wildman–Crippen MR) is 71.9 cm³/mol. The van der Waals surface area contributed by atoms with Crippen LogP contribution in [0.2, 0.25) is 5.15 Å². The minimum absolute atomic E-state index is 0.310. The normalized spacial score (nSPS) is 16.6. The summed E-state index contributed by atoms with van der Waals surface area (Å²) >= 11 is 9.57. The van der Waals surface area contributed by atoms with Gasteiger partial charge in [0, 0.05) is 13.1 Å². The van der Waals surface area contributed by atoms with E-state index in [9.17, 15) is 0 Å². The summed E-state index contributed by atoms with van der Waals surface area (Å²) in [5.41, 5.74) is 0.950. The molecule has 2 rings (SSSR count). The monoisotopic (exact) mass is 319 g/mol. The number of halogens is 2. The third kappa shape index (κ3) is 2.89. The number of morpholine rings is 1. The van der Waals surface area contributed by atoms with Crippen LogP contribution in [0.25, 0.3) is 0 Å². The van der Waals surface area contributed by atoms with E-state index in [1.54, 1.807) is 0 Å². The zero-order chi connectivity index (χ0) is 12.4. The van der Waals surface area contributed by atoms with Gasteiger partial charge in [-0.25, -0.2) is 4.98 Å². The Kier molecular flexibility index (Phi) is 4.22. The van der Waals surface area contributed by atoms with E-state index in [4.69, 9.17) is 16.3 Å². The van der Waals surface area contributed by atoms with Gasteiger partial charge in [0.15, 0.2) is 0 Å². The molecule has 17 heavy (non-hydrogen) atoms. The van der Waals surface area contributed by atoms with Crippen LogP contribution < -0.4 is 4.90 Å². The zero-order valence-electron chi connectivity index (χ0n) is 9.91. The number of anilines is 1. The SMILES string of the molecule is CC(C)c1nc(N2CCOCC2)nc(Cl)c1Br. The maximum Gasteiger partial charge on any atom is 0.227 e. The molecule has 1 fully saturated rings. The molecule has 2 heterocycles. The molecule has 1 aliphatic heterocycles. The fraction of sp³-hybridized carbons (Fsp3) is 0.636. The van der Waals surface area contributed by atoms with Gasteiger partial charge in [-0.1, -0.05) is 25.4 Å². The molecule has 0 aromatic carbocycles. The lowest BCUT2D eigenvalue weighted by molar-refractivity contribution is 0.122. The van der Waals surface area contributed by atoms with E-state index >= 15 is 0 Å². The third-order valence-electron chi connectivity index (χ3n) is 2.67. The first-order valence-electron chi connectivity index (χ1n) is 5.65. The Hall–Kier alpha value is -0.390. The van der Waals surface area contributed by atoms with Crippen LogP contribution in [0.5, 0.6) is 0 Å². The number of hydrogen-bond acceptors (Lipinski definition) is 4. The molecule has 0 spiro atoms. The van der Waals surface area contributed by atoms with Gasteiger partial charge < -0.3 is 9.64 Å². The summed E-state index contributed by atoms with van der Waals surface area (Å²) in [6, 6.07) is 0. The lowest BCUT2D eigenvalue weighted by atomic mass is 10.1. The molecule has 1 aromatic heterocycles. The molecule has 0 atom stereocenters. The summed E-state index contributed by atoms with van der Waals surface area (Å²) in [6.07, 6.45) is 0. The molecule has 1 aromatic rings. The van der Waals surface area contributed by atoms with Crippen LogP contribution in [0.1, 0.15) is 25.5 Å². The number of aromatic nitrogens is 2. The Labute approximate surface area is 114 Å². The molecule has 6 heteroatoms. The van der Waals surface area contributed by atoms with Crippen molar-refractivity contribution in [3.05, 3.63) is 15.3 Å². The van der Waals surface area contributed by atoms with Crippen molar-refractivity contribution in [3.8, 4) is 0 Å². The van der Waals surface area contributed by atoms with Crippen molar-refractivity contribution in [1.82, 2.24) is 9.97 Å². The van der Waals surface area contributed by atoms with Crippen molar-refractivity contribution in [2.45, 2.75) is 19.8 Å². The predicted octanol–water partition coefficient (Wildman–Crippen LogP) is 2.85. The van der Waals surface area contributed by atoms with Gasteiger partial charge in [-0.2, -0.15) is 4.98 Å². The standard InChI is InChI=1S/C11H15BrClN3O/c1-7(2)9-8(12)10(13)15-11(14-9)16-3-5-17-6-4-16/h7H,3-6H2,1-2H3. The first kappa shape index (κ1) is 13.1. The van der Waals surface area contributed by atoms with Crippen molar-refractivity contribution in [2.24, 2.45) is 0 Å². The van der Waals surface area contributed by atoms with Crippen molar-refractivity contribution >= 4 is 33.5 Å².